The third-order valence-electron chi connectivity index (χ3n) is 2.65. The number of nitriles is 1. The molecule has 82 valence electrons. The maximum atomic E-state index is 14.1. The minimum absolute atomic E-state index is 0.196. The number of nitrogens with zero attached hydrogens (tertiary/aromatic N) is 4. The van der Waals surface area contributed by atoms with Crippen LogP contribution in [0, 0.1) is 17.1 Å². The molecule has 0 aromatic carbocycles. The number of rotatable bonds is 0. The van der Waals surface area contributed by atoms with Gasteiger partial charge in [0.25, 0.3) is 0 Å². The summed E-state index contributed by atoms with van der Waals surface area (Å²) in [6, 6.07) is 5.25. The Morgan fingerprint density at radius 3 is 3.00 bits per heavy atom. The number of aromatic nitrogens is 3. The van der Waals surface area contributed by atoms with E-state index in [1.165, 1.54) is 6.20 Å². The molecular formula is C11H6FN4P. The molecule has 0 amide bonds. The van der Waals surface area contributed by atoms with E-state index < -0.39 is 5.82 Å². The van der Waals surface area contributed by atoms with Crippen LogP contribution >= 0.6 is 9.39 Å². The lowest BCUT2D eigenvalue weighted by Crippen LogP contribution is -1.90. The Morgan fingerprint density at radius 1 is 1.41 bits per heavy atom. The highest BCUT2D eigenvalue weighted by Crippen LogP contribution is 2.31. The highest BCUT2D eigenvalue weighted by Gasteiger charge is 2.16. The minimum Gasteiger partial charge on any atom is -0.308 e. The second-order valence-electron chi connectivity index (χ2n) is 3.54. The quantitative estimate of drug-likeness (QED) is 0.570. The van der Waals surface area contributed by atoms with E-state index >= 15 is 0 Å². The van der Waals surface area contributed by atoms with Gasteiger partial charge < -0.3 is 4.34 Å². The lowest BCUT2D eigenvalue weighted by Gasteiger charge is -1.97. The molecule has 3 aromatic rings. The van der Waals surface area contributed by atoms with Crippen LogP contribution in [0.4, 0.5) is 4.39 Å². The van der Waals surface area contributed by atoms with E-state index in [4.69, 9.17) is 5.26 Å². The Hall–Kier alpha value is -2.05. The van der Waals surface area contributed by atoms with Crippen molar-refractivity contribution in [1.29, 1.82) is 5.26 Å². The minimum atomic E-state index is -0.593. The van der Waals surface area contributed by atoms with Crippen molar-refractivity contribution in [3.63, 3.8) is 0 Å². The van der Waals surface area contributed by atoms with E-state index in [0.29, 0.717) is 21.9 Å². The number of hydrogen-bond donors (Lipinski definition) is 0. The van der Waals surface area contributed by atoms with Crippen LogP contribution in [0.15, 0.2) is 24.5 Å². The topological polar surface area (TPSA) is 54.5 Å². The van der Waals surface area contributed by atoms with Gasteiger partial charge in [-0.05, 0) is 21.5 Å². The SMILES string of the molecule is N#Cc1ncc2c(c1F)c1cccnc1n2P. The fraction of sp³-hybridized carbons (Fsp3) is 0. The molecule has 0 saturated heterocycles. The molecule has 3 rings (SSSR count). The van der Waals surface area contributed by atoms with Gasteiger partial charge in [-0.15, -0.1) is 0 Å². The van der Waals surface area contributed by atoms with Crippen LogP contribution in [0.1, 0.15) is 5.69 Å². The molecule has 0 aliphatic rings. The van der Waals surface area contributed by atoms with Gasteiger partial charge in [0.2, 0.25) is 0 Å². The fourth-order valence-electron chi connectivity index (χ4n) is 1.89. The van der Waals surface area contributed by atoms with Crippen LogP contribution in [-0.2, 0) is 0 Å². The molecule has 6 heteroatoms. The third-order valence-corrected chi connectivity index (χ3v) is 3.17. The third kappa shape index (κ3) is 1.25. The zero-order valence-corrected chi connectivity index (χ0v) is 9.71. The molecule has 3 heterocycles. The first-order valence-corrected chi connectivity index (χ1v) is 5.34. The van der Waals surface area contributed by atoms with E-state index in [1.54, 1.807) is 28.7 Å². The number of hydrogen-bond acceptors (Lipinski definition) is 3. The molecule has 1 atom stereocenters. The lowest BCUT2D eigenvalue weighted by molar-refractivity contribution is 0.630. The summed E-state index contributed by atoms with van der Waals surface area (Å²) in [5, 5.41) is 9.84. The smallest absolute Gasteiger partial charge is 0.177 e. The number of fused-ring (bicyclic) bond motifs is 3. The van der Waals surface area contributed by atoms with Crippen molar-refractivity contribution in [2.75, 3.05) is 0 Å². The van der Waals surface area contributed by atoms with Crippen molar-refractivity contribution in [3.8, 4) is 6.07 Å². The Balaban J connectivity index is 2.65. The van der Waals surface area contributed by atoms with E-state index in [0.717, 1.165) is 0 Å². The predicted octanol–water partition coefficient (Wildman–Crippen LogP) is 2.23. The fourth-order valence-corrected chi connectivity index (χ4v) is 2.29. The normalized spacial score (nSPS) is 10.9. The highest BCUT2D eigenvalue weighted by molar-refractivity contribution is 7.15. The Bertz CT molecular complexity index is 787. The van der Waals surface area contributed by atoms with Crippen LogP contribution < -0.4 is 0 Å². The monoisotopic (exact) mass is 244 g/mol. The Kier molecular flexibility index (Phi) is 2.07. The standard InChI is InChI=1S/C11H6FN4P/c12-10-7(4-13)15-5-8-9(10)6-2-1-3-14-11(6)16(8)17/h1-3,5H,17H2. The molecule has 0 aliphatic heterocycles. The Labute approximate surface area is 98.0 Å². The van der Waals surface area contributed by atoms with Gasteiger partial charge in [0.15, 0.2) is 11.5 Å². The second-order valence-corrected chi connectivity index (χ2v) is 4.05. The summed E-state index contributed by atoms with van der Waals surface area (Å²) in [7, 11) is 2.46. The summed E-state index contributed by atoms with van der Waals surface area (Å²) < 4.78 is 15.8. The summed E-state index contributed by atoms with van der Waals surface area (Å²) in [6.07, 6.45) is 3.12. The largest absolute Gasteiger partial charge is 0.308 e. The van der Waals surface area contributed by atoms with Gasteiger partial charge >= 0.3 is 0 Å². The van der Waals surface area contributed by atoms with Gasteiger partial charge in [0.05, 0.1) is 11.7 Å². The summed E-state index contributed by atoms with van der Waals surface area (Å²) in [4.78, 5) is 7.96. The zero-order valence-electron chi connectivity index (χ0n) is 8.55. The molecule has 17 heavy (non-hydrogen) atoms. The molecule has 0 saturated carbocycles. The maximum absolute atomic E-state index is 14.1. The molecule has 0 N–H and O–H groups in total. The van der Waals surface area contributed by atoms with Gasteiger partial charge in [0, 0.05) is 17.0 Å². The zero-order chi connectivity index (χ0) is 12.0. The molecule has 3 aromatic heterocycles. The molecule has 0 radical (unpaired) electrons. The summed E-state index contributed by atoms with van der Waals surface area (Å²) in [5.74, 6) is -0.593. The molecule has 0 bridgehead atoms. The van der Waals surface area contributed by atoms with Crippen LogP contribution in [0.25, 0.3) is 21.9 Å². The highest BCUT2D eigenvalue weighted by atomic mass is 31.0. The van der Waals surface area contributed by atoms with Crippen molar-refractivity contribution in [3.05, 3.63) is 36.0 Å². The molecule has 0 fully saturated rings. The second kappa shape index (κ2) is 3.47. The van der Waals surface area contributed by atoms with Crippen LogP contribution in [0.2, 0.25) is 0 Å². The predicted molar refractivity (Wildman–Crippen MR) is 64.8 cm³/mol. The van der Waals surface area contributed by atoms with E-state index in [9.17, 15) is 4.39 Å². The number of pyridine rings is 2. The van der Waals surface area contributed by atoms with Gasteiger partial charge in [-0.1, -0.05) is 0 Å². The van der Waals surface area contributed by atoms with Gasteiger partial charge in [0.1, 0.15) is 11.7 Å². The summed E-state index contributed by atoms with van der Waals surface area (Å²) >= 11 is 0. The van der Waals surface area contributed by atoms with Crippen molar-refractivity contribution >= 4 is 31.3 Å². The molecule has 1 unspecified atom stereocenters. The molecule has 0 spiro atoms. The van der Waals surface area contributed by atoms with Gasteiger partial charge in [-0.2, -0.15) is 5.26 Å². The molecule has 0 aliphatic carbocycles. The Morgan fingerprint density at radius 2 is 2.24 bits per heavy atom. The van der Waals surface area contributed by atoms with Crippen molar-refractivity contribution in [2.24, 2.45) is 0 Å². The molecule has 4 nitrogen and oxygen atoms in total. The van der Waals surface area contributed by atoms with Crippen molar-refractivity contribution in [1.82, 2.24) is 14.3 Å². The first-order chi connectivity index (χ1) is 8.24. The van der Waals surface area contributed by atoms with E-state index in [-0.39, 0.29) is 5.69 Å². The average Bonchev–Trinajstić information content (AvgIpc) is 2.65. The summed E-state index contributed by atoms with van der Waals surface area (Å²) in [6.45, 7) is 0. The lowest BCUT2D eigenvalue weighted by atomic mass is 10.2. The van der Waals surface area contributed by atoms with Crippen molar-refractivity contribution in [2.45, 2.75) is 0 Å². The average molecular weight is 244 g/mol. The summed E-state index contributed by atoms with van der Waals surface area (Å²) in [5.41, 5.74) is 1.04. The maximum Gasteiger partial charge on any atom is 0.177 e. The van der Waals surface area contributed by atoms with Crippen molar-refractivity contribution < 1.29 is 4.39 Å². The first-order valence-electron chi connectivity index (χ1n) is 4.83. The van der Waals surface area contributed by atoms with Gasteiger partial charge in [-0.25, -0.2) is 14.4 Å². The van der Waals surface area contributed by atoms with E-state index in [1.807, 2.05) is 0 Å². The van der Waals surface area contributed by atoms with E-state index in [2.05, 4.69) is 19.4 Å². The molecular weight excluding hydrogens is 238 g/mol. The van der Waals surface area contributed by atoms with Crippen LogP contribution in [0.3, 0.4) is 0 Å². The first kappa shape index (κ1) is 10.1. The number of halogens is 1. The van der Waals surface area contributed by atoms with Crippen LogP contribution in [-0.4, -0.2) is 14.3 Å². The van der Waals surface area contributed by atoms with Gasteiger partial charge in [-0.3, -0.25) is 0 Å². The van der Waals surface area contributed by atoms with Crippen LogP contribution in [0.5, 0.6) is 0 Å².